The Kier molecular flexibility index (Phi) is 5.63. The van der Waals surface area contributed by atoms with Gasteiger partial charge in [-0.1, -0.05) is 11.6 Å². The van der Waals surface area contributed by atoms with Crippen LogP contribution in [0.1, 0.15) is 5.76 Å². The summed E-state index contributed by atoms with van der Waals surface area (Å²) < 4.78 is 9.70. The lowest BCUT2D eigenvalue weighted by molar-refractivity contribution is -0.384. The molecule has 3 aromatic rings. The minimum atomic E-state index is -0.389. The smallest absolute Gasteiger partial charge is 0.294 e. The van der Waals surface area contributed by atoms with Gasteiger partial charge in [0.05, 0.1) is 23.4 Å². The normalized spacial score (nSPS) is 15.0. The van der Waals surface area contributed by atoms with E-state index in [1.165, 1.54) is 6.07 Å². The van der Waals surface area contributed by atoms with Crippen molar-refractivity contribution in [3.05, 3.63) is 56.2 Å². The second kappa shape index (κ2) is 8.21. The molecule has 3 heterocycles. The van der Waals surface area contributed by atoms with Crippen molar-refractivity contribution in [2.45, 2.75) is 13.6 Å². The quantitative estimate of drug-likeness (QED) is 0.333. The third kappa shape index (κ3) is 3.85. The number of nitro groups is 1. The van der Waals surface area contributed by atoms with Gasteiger partial charge in [-0.25, -0.2) is 4.68 Å². The lowest BCUT2D eigenvalue weighted by atomic mass is 10.2. The van der Waals surface area contributed by atoms with Crippen molar-refractivity contribution in [2.75, 3.05) is 31.1 Å². The predicted octanol–water partition coefficient (Wildman–Crippen LogP) is 3.86. The van der Waals surface area contributed by atoms with Crippen LogP contribution >= 0.6 is 23.8 Å². The molecule has 11 heteroatoms. The van der Waals surface area contributed by atoms with Gasteiger partial charge in [0.2, 0.25) is 0 Å². The number of hydrogen-bond donors (Lipinski definition) is 0. The zero-order valence-corrected chi connectivity index (χ0v) is 18.2. The topological polar surface area (TPSA) is 85.5 Å². The number of hydrogen-bond acceptors (Lipinski definition) is 7. The summed E-state index contributed by atoms with van der Waals surface area (Å²) in [7, 11) is 1.89. The van der Waals surface area contributed by atoms with Gasteiger partial charge in [0.25, 0.3) is 5.69 Å². The number of aromatic nitrogens is 3. The van der Waals surface area contributed by atoms with E-state index in [4.69, 9.17) is 28.2 Å². The SMILES string of the molecule is Cc1occc1-c1nn(CN2CCN(c3ccc(Cl)cc3[N+](=O)[O-])CC2)c(=S)n1C. The number of nitrogens with zero attached hydrogens (tertiary/aromatic N) is 6. The molecule has 30 heavy (non-hydrogen) atoms. The number of furan rings is 1. The third-order valence-electron chi connectivity index (χ3n) is 5.32. The maximum Gasteiger partial charge on any atom is 0.294 e. The minimum Gasteiger partial charge on any atom is -0.469 e. The summed E-state index contributed by atoms with van der Waals surface area (Å²) in [6.45, 7) is 5.25. The van der Waals surface area contributed by atoms with Gasteiger partial charge in [-0.2, -0.15) is 5.10 Å². The highest BCUT2D eigenvalue weighted by Gasteiger charge is 2.25. The van der Waals surface area contributed by atoms with E-state index in [1.54, 1.807) is 23.1 Å². The molecule has 0 spiro atoms. The summed E-state index contributed by atoms with van der Waals surface area (Å²) >= 11 is 11.5. The van der Waals surface area contributed by atoms with E-state index in [-0.39, 0.29) is 10.6 Å². The first-order chi connectivity index (χ1) is 14.3. The van der Waals surface area contributed by atoms with Crippen LogP contribution in [0.5, 0.6) is 0 Å². The van der Waals surface area contributed by atoms with Gasteiger partial charge in [-0.05, 0) is 37.3 Å². The van der Waals surface area contributed by atoms with Gasteiger partial charge >= 0.3 is 0 Å². The minimum absolute atomic E-state index is 0.0306. The Labute approximate surface area is 183 Å². The number of piperazine rings is 1. The molecule has 1 aromatic carbocycles. The molecule has 2 aromatic heterocycles. The van der Waals surface area contributed by atoms with Crippen LogP contribution in [0.4, 0.5) is 11.4 Å². The molecule has 0 aliphatic carbocycles. The van der Waals surface area contributed by atoms with E-state index in [0.29, 0.717) is 35.2 Å². The Morgan fingerprint density at radius 1 is 1.27 bits per heavy atom. The van der Waals surface area contributed by atoms with Crippen LogP contribution < -0.4 is 4.90 Å². The molecule has 0 amide bonds. The molecule has 4 rings (SSSR count). The van der Waals surface area contributed by atoms with Crippen molar-refractivity contribution >= 4 is 35.2 Å². The average molecular weight is 449 g/mol. The fourth-order valence-corrected chi connectivity index (χ4v) is 4.01. The second-order valence-electron chi connectivity index (χ2n) is 7.19. The molecular formula is C19H21ClN6O3S. The highest BCUT2D eigenvalue weighted by Crippen LogP contribution is 2.31. The molecule has 0 N–H and O–H groups in total. The second-order valence-corrected chi connectivity index (χ2v) is 7.99. The monoisotopic (exact) mass is 448 g/mol. The zero-order valence-electron chi connectivity index (χ0n) is 16.6. The highest BCUT2D eigenvalue weighted by molar-refractivity contribution is 7.71. The third-order valence-corrected chi connectivity index (χ3v) is 6.04. The Bertz CT molecular complexity index is 1150. The summed E-state index contributed by atoms with van der Waals surface area (Å²) in [5.41, 5.74) is 1.54. The van der Waals surface area contributed by atoms with E-state index in [0.717, 1.165) is 30.2 Å². The Balaban J connectivity index is 1.47. The Hall–Kier alpha value is -2.69. The van der Waals surface area contributed by atoms with Crippen molar-refractivity contribution in [2.24, 2.45) is 7.05 Å². The van der Waals surface area contributed by atoms with Crippen LogP contribution in [-0.2, 0) is 13.7 Å². The summed E-state index contributed by atoms with van der Waals surface area (Å²) in [4.78, 5) is 15.3. The van der Waals surface area contributed by atoms with Crippen LogP contribution in [0.3, 0.4) is 0 Å². The number of rotatable bonds is 5. The van der Waals surface area contributed by atoms with Gasteiger partial charge < -0.3 is 13.9 Å². The molecule has 9 nitrogen and oxygen atoms in total. The number of benzene rings is 1. The lowest BCUT2D eigenvalue weighted by Crippen LogP contribution is -2.47. The van der Waals surface area contributed by atoms with Crippen molar-refractivity contribution in [3.8, 4) is 11.4 Å². The molecule has 1 saturated heterocycles. The summed E-state index contributed by atoms with van der Waals surface area (Å²) in [5.74, 6) is 1.56. The van der Waals surface area contributed by atoms with Gasteiger partial charge in [0, 0.05) is 44.3 Å². The standard InChI is InChI=1S/C19H21ClN6O3S/c1-13-15(5-10-29-13)18-21-25(19(30)22(18)2)12-23-6-8-24(9-7-23)16-4-3-14(20)11-17(16)26(27)28/h3-5,10-11H,6-9,12H2,1-2H3. The largest absolute Gasteiger partial charge is 0.469 e. The summed E-state index contributed by atoms with van der Waals surface area (Å²) in [5, 5.41) is 16.4. The first-order valence-corrected chi connectivity index (χ1v) is 10.2. The number of nitro benzene ring substituents is 1. The van der Waals surface area contributed by atoms with E-state index in [1.807, 2.05) is 29.5 Å². The highest BCUT2D eigenvalue weighted by atomic mass is 35.5. The molecule has 0 saturated carbocycles. The molecule has 0 radical (unpaired) electrons. The van der Waals surface area contributed by atoms with Crippen LogP contribution in [0.15, 0.2) is 34.9 Å². The Morgan fingerprint density at radius 2 is 2.00 bits per heavy atom. The molecule has 1 aliphatic rings. The average Bonchev–Trinajstić information content (AvgIpc) is 3.26. The van der Waals surface area contributed by atoms with E-state index in [9.17, 15) is 10.1 Å². The predicted molar refractivity (Wildman–Crippen MR) is 116 cm³/mol. The maximum absolute atomic E-state index is 11.4. The Morgan fingerprint density at radius 3 is 2.63 bits per heavy atom. The molecule has 0 atom stereocenters. The van der Waals surface area contributed by atoms with Crippen LogP contribution in [0.25, 0.3) is 11.4 Å². The van der Waals surface area contributed by atoms with E-state index in [2.05, 4.69) is 10.00 Å². The van der Waals surface area contributed by atoms with Gasteiger partial charge in [0.15, 0.2) is 10.6 Å². The molecule has 0 bridgehead atoms. The lowest BCUT2D eigenvalue weighted by Gasteiger charge is -2.35. The van der Waals surface area contributed by atoms with E-state index < -0.39 is 0 Å². The molecule has 158 valence electrons. The van der Waals surface area contributed by atoms with Crippen molar-refractivity contribution in [1.82, 2.24) is 19.2 Å². The van der Waals surface area contributed by atoms with Gasteiger partial charge in [-0.15, -0.1) is 0 Å². The van der Waals surface area contributed by atoms with Crippen molar-refractivity contribution < 1.29 is 9.34 Å². The molecule has 1 fully saturated rings. The van der Waals surface area contributed by atoms with Gasteiger partial charge in [-0.3, -0.25) is 15.0 Å². The summed E-state index contributed by atoms with van der Waals surface area (Å²) in [6.07, 6.45) is 1.64. The first-order valence-electron chi connectivity index (χ1n) is 9.44. The number of halogens is 1. The number of aryl methyl sites for hydroxylation is 1. The fraction of sp³-hybridized carbons (Fsp3) is 0.368. The molecule has 1 aliphatic heterocycles. The molecule has 0 unspecified atom stereocenters. The van der Waals surface area contributed by atoms with Crippen molar-refractivity contribution in [1.29, 1.82) is 0 Å². The van der Waals surface area contributed by atoms with Crippen molar-refractivity contribution in [3.63, 3.8) is 0 Å². The fourth-order valence-electron chi connectivity index (χ4n) is 3.66. The maximum atomic E-state index is 11.4. The van der Waals surface area contributed by atoms with E-state index >= 15 is 0 Å². The van der Waals surface area contributed by atoms with Crippen LogP contribution in [0, 0.1) is 21.8 Å². The van der Waals surface area contributed by atoms with Gasteiger partial charge in [0.1, 0.15) is 11.4 Å². The zero-order chi connectivity index (χ0) is 21.4. The number of anilines is 1. The first kappa shape index (κ1) is 20.6. The van der Waals surface area contributed by atoms with Crippen LogP contribution in [-0.4, -0.2) is 50.3 Å². The summed E-state index contributed by atoms with van der Waals surface area (Å²) in [6, 6.07) is 6.68. The molecular weight excluding hydrogens is 428 g/mol. The van der Waals surface area contributed by atoms with Crippen LogP contribution in [0.2, 0.25) is 5.02 Å².